The predicted octanol–water partition coefficient (Wildman–Crippen LogP) is 1.85. The maximum atomic E-state index is 12.2. The number of carbonyl (C=O) groups is 1. The van der Waals surface area contributed by atoms with Crippen LogP contribution in [0.3, 0.4) is 0 Å². The van der Waals surface area contributed by atoms with Gasteiger partial charge >= 0.3 is 0 Å². The van der Waals surface area contributed by atoms with Crippen LogP contribution in [0.5, 0.6) is 0 Å². The summed E-state index contributed by atoms with van der Waals surface area (Å²) in [5, 5.41) is 14.4. The number of aryl methyl sites for hydroxylation is 2. The highest BCUT2D eigenvalue weighted by Gasteiger charge is 2.22. The minimum atomic E-state index is -0.475. The van der Waals surface area contributed by atoms with Crippen molar-refractivity contribution in [3.63, 3.8) is 0 Å². The maximum Gasteiger partial charge on any atom is 0.255 e. The summed E-state index contributed by atoms with van der Waals surface area (Å²) in [6, 6.07) is -0.475. The van der Waals surface area contributed by atoms with E-state index in [4.69, 9.17) is 15.4 Å². The molecule has 6 nitrogen and oxygen atoms in total. The van der Waals surface area contributed by atoms with E-state index in [-0.39, 0.29) is 11.7 Å². The molecule has 1 heterocycles. The third kappa shape index (κ3) is 3.27. The molecule has 0 spiro atoms. The Labute approximate surface area is 112 Å². The van der Waals surface area contributed by atoms with E-state index in [1.165, 1.54) is 0 Å². The van der Waals surface area contributed by atoms with Gasteiger partial charge in [-0.1, -0.05) is 18.5 Å². The van der Waals surface area contributed by atoms with Gasteiger partial charge < -0.3 is 20.7 Å². The summed E-state index contributed by atoms with van der Waals surface area (Å²) < 4.78 is 5.42. The number of amidine groups is 1. The van der Waals surface area contributed by atoms with Gasteiger partial charge in [0.25, 0.3) is 5.91 Å². The predicted molar refractivity (Wildman–Crippen MR) is 72.5 cm³/mol. The summed E-state index contributed by atoms with van der Waals surface area (Å²) >= 11 is 0. The molecule has 106 valence electrons. The Bertz CT molecular complexity index is 492. The van der Waals surface area contributed by atoms with Crippen LogP contribution in [0, 0.1) is 20.8 Å². The largest absolute Gasteiger partial charge is 0.466 e. The van der Waals surface area contributed by atoms with Crippen molar-refractivity contribution < 1.29 is 14.4 Å². The molecule has 0 aromatic carbocycles. The molecule has 4 N–H and O–H groups in total. The van der Waals surface area contributed by atoms with Gasteiger partial charge in [-0.2, -0.15) is 0 Å². The minimum absolute atomic E-state index is 0.00530. The Morgan fingerprint density at radius 3 is 2.47 bits per heavy atom. The third-order valence-corrected chi connectivity index (χ3v) is 3.14. The molecule has 1 rings (SSSR count). The second kappa shape index (κ2) is 6.26. The number of nitrogens with one attached hydrogen (secondary N) is 1. The Kier molecular flexibility index (Phi) is 4.97. The fraction of sp³-hybridized carbons (Fsp3) is 0.538. The van der Waals surface area contributed by atoms with Crippen molar-refractivity contribution in [3.05, 3.63) is 22.6 Å². The average Bonchev–Trinajstić information content (AvgIpc) is 2.61. The zero-order valence-electron chi connectivity index (χ0n) is 11.8. The van der Waals surface area contributed by atoms with E-state index >= 15 is 0 Å². The van der Waals surface area contributed by atoms with Crippen LogP contribution < -0.4 is 11.1 Å². The van der Waals surface area contributed by atoms with Crippen LogP contribution in [-0.2, 0) is 0 Å². The third-order valence-electron chi connectivity index (χ3n) is 3.14. The quantitative estimate of drug-likeness (QED) is 0.328. The summed E-state index contributed by atoms with van der Waals surface area (Å²) in [6.45, 7) is 7.35. The highest BCUT2D eigenvalue weighted by atomic mass is 16.4. The van der Waals surface area contributed by atoms with Gasteiger partial charge in [-0.15, -0.1) is 0 Å². The standard InChI is InChI=1S/C13H21N3O3/c1-5-6-10(12(14)16-18)15-13(17)11-7(2)8(3)19-9(11)4/h10,18H,5-6H2,1-4H3,(H2,14,16)(H,15,17). The van der Waals surface area contributed by atoms with Gasteiger partial charge in [0.2, 0.25) is 0 Å². The second-order valence-electron chi connectivity index (χ2n) is 4.55. The molecule has 0 aliphatic carbocycles. The first-order valence-corrected chi connectivity index (χ1v) is 6.27. The molecule has 1 aromatic rings. The molecule has 0 radical (unpaired) electrons. The number of rotatable bonds is 5. The molecule has 6 heteroatoms. The fourth-order valence-electron chi connectivity index (χ4n) is 2.01. The van der Waals surface area contributed by atoms with E-state index in [0.717, 1.165) is 17.7 Å². The lowest BCUT2D eigenvalue weighted by Gasteiger charge is -2.16. The van der Waals surface area contributed by atoms with Crippen LogP contribution in [0.2, 0.25) is 0 Å². The average molecular weight is 267 g/mol. The molecule has 1 aromatic heterocycles. The summed E-state index contributed by atoms with van der Waals surface area (Å²) in [5.74, 6) is 1.03. The highest BCUT2D eigenvalue weighted by molar-refractivity contribution is 6.00. The number of hydrogen-bond acceptors (Lipinski definition) is 4. The van der Waals surface area contributed by atoms with Crippen molar-refractivity contribution in [1.29, 1.82) is 0 Å². The van der Waals surface area contributed by atoms with Crippen LogP contribution in [0.15, 0.2) is 9.57 Å². The Balaban J connectivity index is 2.94. The normalized spacial score (nSPS) is 13.4. The smallest absolute Gasteiger partial charge is 0.255 e. The zero-order chi connectivity index (χ0) is 14.6. The van der Waals surface area contributed by atoms with Gasteiger partial charge in [0.1, 0.15) is 11.5 Å². The summed E-state index contributed by atoms with van der Waals surface area (Å²) in [7, 11) is 0. The SMILES string of the molecule is CCCC(NC(=O)c1c(C)oc(C)c1C)C(N)=NO. The topological polar surface area (TPSA) is 101 Å². The molecule has 0 saturated heterocycles. The van der Waals surface area contributed by atoms with Crippen molar-refractivity contribution >= 4 is 11.7 Å². The van der Waals surface area contributed by atoms with E-state index in [0.29, 0.717) is 17.7 Å². The Hall–Kier alpha value is -1.98. The molecule has 0 aliphatic heterocycles. The molecule has 1 atom stereocenters. The van der Waals surface area contributed by atoms with Crippen LogP contribution in [-0.4, -0.2) is 23.0 Å². The number of oxime groups is 1. The van der Waals surface area contributed by atoms with Gasteiger partial charge in [0.05, 0.1) is 11.6 Å². The molecule has 1 unspecified atom stereocenters. The van der Waals surface area contributed by atoms with Crippen LogP contribution >= 0.6 is 0 Å². The molecular weight excluding hydrogens is 246 g/mol. The van der Waals surface area contributed by atoms with Crippen molar-refractivity contribution in [2.75, 3.05) is 0 Å². The molecule has 1 amide bonds. The van der Waals surface area contributed by atoms with Crippen LogP contribution in [0.1, 0.15) is 47.2 Å². The number of nitrogens with zero attached hydrogens (tertiary/aromatic N) is 1. The summed E-state index contributed by atoms with van der Waals surface area (Å²) in [5.41, 5.74) is 6.90. The first kappa shape index (κ1) is 15.1. The second-order valence-corrected chi connectivity index (χ2v) is 4.55. The van der Waals surface area contributed by atoms with E-state index in [1.54, 1.807) is 6.92 Å². The first-order chi connectivity index (χ1) is 8.92. The van der Waals surface area contributed by atoms with Gasteiger partial charge in [0.15, 0.2) is 5.84 Å². The van der Waals surface area contributed by atoms with E-state index in [2.05, 4.69) is 10.5 Å². The number of nitrogens with two attached hydrogens (primary N) is 1. The lowest BCUT2D eigenvalue weighted by atomic mass is 10.1. The molecule has 0 fully saturated rings. The van der Waals surface area contributed by atoms with Gasteiger partial charge in [-0.3, -0.25) is 4.79 Å². The molecule has 0 aliphatic rings. The fourth-order valence-corrected chi connectivity index (χ4v) is 2.01. The van der Waals surface area contributed by atoms with E-state index in [9.17, 15) is 4.79 Å². The van der Waals surface area contributed by atoms with E-state index < -0.39 is 6.04 Å². The zero-order valence-corrected chi connectivity index (χ0v) is 11.8. The number of amides is 1. The summed E-state index contributed by atoms with van der Waals surface area (Å²) in [4.78, 5) is 12.2. The highest BCUT2D eigenvalue weighted by Crippen LogP contribution is 2.20. The van der Waals surface area contributed by atoms with Gasteiger partial charge in [0, 0.05) is 5.56 Å². The Morgan fingerprint density at radius 1 is 1.42 bits per heavy atom. The summed E-state index contributed by atoms with van der Waals surface area (Å²) in [6.07, 6.45) is 1.42. The lowest BCUT2D eigenvalue weighted by molar-refractivity contribution is 0.0943. The van der Waals surface area contributed by atoms with Crippen LogP contribution in [0.4, 0.5) is 0 Å². The lowest BCUT2D eigenvalue weighted by Crippen LogP contribution is -2.44. The Morgan fingerprint density at radius 2 is 2.05 bits per heavy atom. The molecule has 19 heavy (non-hydrogen) atoms. The maximum absolute atomic E-state index is 12.2. The molecule has 0 bridgehead atoms. The number of carbonyl (C=O) groups excluding carboxylic acids is 1. The molecular formula is C13H21N3O3. The van der Waals surface area contributed by atoms with Crippen molar-refractivity contribution in [2.45, 2.75) is 46.6 Å². The number of furan rings is 1. The number of hydrogen-bond donors (Lipinski definition) is 3. The van der Waals surface area contributed by atoms with Crippen molar-refractivity contribution in [1.82, 2.24) is 5.32 Å². The van der Waals surface area contributed by atoms with E-state index in [1.807, 2.05) is 20.8 Å². The van der Waals surface area contributed by atoms with Crippen molar-refractivity contribution in [3.8, 4) is 0 Å². The monoisotopic (exact) mass is 267 g/mol. The first-order valence-electron chi connectivity index (χ1n) is 6.27. The van der Waals surface area contributed by atoms with Gasteiger partial charge in [-0.25, -0.2) is 0 Å². The molecule has 0 saturated carbocycles. The van der Waals surface area contributed by atoms with Crippen LogP contribution in [0.25, 0.3) is 0 Å². The minimum Gasteiger partial charge on any atom is -0.466 e. The van der Waals surface area contributed by atoms with Crippen molar-refractivity contribution in [2.24, 2.45) is 10.9 Å². The van der Waals surface area contributed by atoms with Gasteiger partial charge in [-0.05, 0) is 27.2 Å².